The van der Waals surface area contributed by atoms with E-state index in [0.717, 1.165) is 11.3 Å². The van der Waals surface area contributed by atoms with Gasteiger partial charge in [-0.3, -0.25) is 9.69 Å². The molecule has 0 aromatic heterocycles. The zero-order chi connectivity index (χ0) is 24.2. The molecule has 3 amide bonds. The fourth-order valence-electron chi connectivity index (χ4n) is 4.39. The second-order valence-electron chi connectivity index (χ2n) is 9.22. The van der Waals surface area contributed by atoms with Crippen molar-refractivity contribution >= 4 is 29.2 Å². The number of urea groups is 1. The number of likely N-dealkylation sites (tertiary alicyclic amines) is 1. The highest BCUT2D eigenvalue weighted by molar-refractivity contribution is 6.31. The lowest BCUT2D eigenvalue weighted by Gasteiger charge is -2.39. The number of hydrogen-bond acceptors (Lipinski definition) is 4. The Bertz CT molecular complexity index is 1020. The number of hydrogen-bond donors (Lipinski definition) is 1. The molecule has 1 saturated heterocycles. The zero-order valence-corrected chi connectivity index (χ0v) is 20.7. The summed E-state index contributed by atoms with van der Waals surface area (Å²) in [5.74, 6) is 1.42. The first-order valence-electron chi connectivity index (χ1n) is 11.9. The minimum Gasteiger partial charge on any atom is -0.491 e. The average molecular weight is 486 g/mol. The number of nitrogens with zero attached hydrogens (tertiary/aromatic N) is 2. The first-order chi connectivity index (χ1) is 16.3. The molecule has 7 nitrogen and oxygen atoms in total. The van der Waals surface area contributed by atoms with E-state index >= 15 is 0 Å². The number of nitrogens with one attached hydrogen (secondary N) is 1. The van der Waals surface area contributed by atoms with E-state index in [1.807, 2.05) is 49.9 Å². The van der Waals surface area contributed by atoms with Crippen LogP contribution in [0.3, 0.4) is 0 Å². The lowest BCUT2D eigenvalue weighted by Crippen LogP contribution is -2.52. The van der Waals surface area contributed by atoms with Gasteiger partial charge in [-0.05, 0) is 69.5 Å². The predicted molar refractivity (Wildman–Crippen MR) is 133 cm³/mol. The summed E-state index contributed by atoms with van der Waals surface area (Å²) in [6.45, 7) is 7.95. The quantitative estimate of drug-likeness (QED) is 0.656. The number of benzene rings is 2. The largest absolute Gasteiger partial charge is 0.491 e. The summed E-state index contributed by atoms with van der Waals surface area (Å²) < 4.78 is 11.5. The standard InChI is InChI=1S/C26H32ClN3O4/c1-17(2)33-22-7-4-19(5-8-22)15-28-25(31)20-10-12-29(13-11-20)26(32)30-16-18(3)34-24-9-6-21(27)14-23(24)30/h4-9,14,17-18,20H,10-13,15-16H2,1-3H3,(H,28,31). The number of fused-ring (bicyclic) bond motifs is 1. The Hall–Kier alpha value is -2.93. The third-order valence-electron chi connectivity index (χ3n) is 6.11. The summed E-state index contributed by atoms with van der Waals surface area (Å²) >= 11 is 6.17. The molecule has 2 aliphatic heterocycles. The van der Waals surface area contributed by atoms with Crippen LogP contribution in [0.5, 0.6) is 11.5 Å². The lowest BCUT2D eigenvalue weighted by atomic mass is 9.96. The Morgan fingerprint density at radius 2 is 1.85 bits per heavy atom. The Kier molecular flexibility index (Phi) is 7.51. The van der Waals surface area contributed by atoms with E-state index in [1.54, 1.807) is 23.1 Å². The average Bonchev–Trinajstić information content (AvgIpc) is 2.82. The third kappa shape index (κ3) is 5.76. The van der Waals surface area contributed by atoms with Gasteiger partial charge in [-0.15, -0.1) is 0 Å². The van der Waals surface area contributed by atoms with Crippen LogP contribution in [-0.2, 0) is 11.3 Å². The zero-order valence-electron chi connectivity index (χ0n) is 19.9. The molecule has 1 fully saturated rings. The number of piperidine rings is 1. The van der Waals surface area contributed by atoms with Crippen molar-refractivity contribution in [2.24, 2.45) is 5.92 Å². The Morgan fingerprint density at radius 1 is 1.15 bits per heavy atom. The van der Waals surface area contributed by atoms with Gasteiger partial charge in [0, 0.05) is 30.6 Å². The summed E-state index contributed by atoms with van der Waals surface area (Å²) in [7, 11) is 0. The van der Waals surface area contributed by atoms with E-state index in [0.29, 0.717) is 55.5 Å². The molecule has 2 aliphatic rings. The van der Waals surface area contributed by atoms with Crippen molar-refractivity contribution in [3.8, 4) is 11.5 Å². The second kappa shape index (κ2) is 10.6. The van der Waals surface area contributed by atoms with Gasteiger partial charge in [0.15, 0.2) is 0 Å². The highest BCUT2D eigenvalue weighted by atomic mass is 35.5. The van der Waals surface area contributed by atoms with E-state index in [1.165, 1.54) is 0 Å². The number of halogens is 1. The van der Waals surface area contributed by atoms with Gasteiger partial charge in [0.2, 0.25) is 5.91 Å². The lowest BCUT2D eigenvalue weighted by molar-refractivity contribution is -0.126. The van der Waals surface area contributed by atoms with Gasteiger partial charge in [-0.2, -0.15) is 0 Å². The number of carbonyl (C=O) groups is 2. The van der Waals surface area contributed by atoms with Gasteiger partial charge in [0.05, 0.1) is 18.3 Å². The molecular formula is C26H32ClN3O4. The van der Waals surface area contributed by atoms with Gasteiger partial charge in [-0.25, -0.2) is 4.79 Å². The van der Waals surface area contributed by atoms with Crippen LogP contribution >= 0.6 is 11.6 Å². The number of rotatable bonds is 5. The number of amides is 3. The van der Waals surface area contributed by atoms with Crippen molar-refractivity contribution in [3.05, 3.63) is 53.1 Å². The summed E-state index contributed by atoms with van der Waals surface area (Å²) in [4.78, 5) is 29.6. The molecule has 34 heavy (non-hydrogen) atoms. The molecule has 0 spiro atoms. The van der Waals surface area contributed by atoms with Crippen molar-refractivity contribution in [1.29, 1.82) is 0 Å². The van der Waals surface area contributed by atoms with Crippen LogP contribution in [0.15, 0.2) is 42.5 Å². The van der Waals surface area contributed by atoms with E-state index in [9.17, 15) is 9.59 Å². The Labute approximate surface area is 206 Å². The van der Waals surface area contributed by atoms with Crippen molar-refractivity contribution in [1.82, 2.24) is 10.2 Å². The molecule has 1 unspecified atom stereocenters. The minimum atomic E-state index is -0.105. The van der Waals surface area contributed by atoms with Crippen molar-refractivity contribution in [2.75, 3.05) is 24.5 Å². The summed E-state index contributed by atoms with van der Waals surface area (Å²) in [5, 5.41) is 3.60. The van der Waals surface area contributed by atoms with Gasteiger partial charge in [-0.1, -0.05) is 23.7 Å². The van der Waals surface area contributed by atoms with Crippen molar-refractivity contribution in [3.63, 3.8) is 0 Å². The molecular weight excluding hydrogens is 454 g/mol. The molecule has 2 aromatic rings. The topological polar surface area (TPSA) is 71.1 Å². The van der Waals surface area contributed by atoms with E-state index in [4.69, 9.17) is 21.1 Å². The molecule has 0 saturated carbocycles. The molecule has 4 rings (SSSR count). The monoisotopic (exact) mass is 485 g/mol. The van der Waals surface area contributed by atoms with Crippen LogP contribution in [-0.4, -0.2) is 48.7 Å². The van der Waals surface area contributed by atoms with Crippen LogP contribution < -0.4 is 19.7 Å². The highest BCUT2D eigenvalue weighted by Crippen LogP contribution is 2.36. The van der Waals surface area contributed by atoms with E-state index in [-0.39, 0.29) is 30.1 Å². The van der Waals surface area contributed by atoms with E-state index < -0.39 is 0 Å². The summed E-state index contributed by atoms with van der Waals surface area (Å²) in [5.41, 5.74) is 1.72. The van der Waals surface area contributed by atoms with Crippen LogP contribution in [0, 0.1) is 5.92 Å². The molecule has 182 valence electrons. The molecule has 0 radical (unpaired) electrons. The molecule has 8 heteroatoms. The summed E-state index contributed by atoms with van der Waals surface area (Å²) in [6, 6.07) is 13.0. The number of carbonyl (C=O) groups excluding carboxylic acids is 2. The van der Waals surface area contributed by atoms with Gasteiger partial charge in [0.25, 0.3) is 0 Å². The number of anilines is 1. The number of ether oxygens (including phenoxy) is 2. The van der Waals surface area contributed by atoms with Crippen LogP contribution in [0.25, 0.3) is 0 Å². The van der Waals surface area contributed by atoms with Crippen LogP contribution in [0.4, 0.5) is 10.5 Å². The maximum absolute atomic E-state index is 13.3. The minimum absolute atomic E-state index is 0.0340. The van der Waals surface area contributed by atoms with E-state index in [2.05, 4.69) is 5.32 Å². The normalized spacial score (nSPS) is 18.3. The fourth-order valence-corrected chi connectivity index (χ4v) is 4.55. The van der Waals surface area contributed by atoms with Gasteiger partial charge in [0.1, 0.15) is 17.6 Å². The Balaban J connectivity index is 1.29. The maximum atomic E-state index is 13.3. The van der Waals surface area contributed by atoms with Gasteiger partial charge >= 0.3 is 6.03 Å². The molecule has 0 aliphatic carbocycles. The third-order valence-corrected chi connectivity index (χ3v) is 6.34. The van der Waals surface area contributed by atoms with Gasteiger partial charge < -0.3 is 19.7 Å². The molecule has 2 aromatic carbocycles. The summed E-state index contributed by atoms with van der Waals surface area (Å²) in [6.07, 6.45) is 1.30. The van der Waals surface area contributed by atoms with Crippen molar-refractivity contribution < 1.29 is 19.1 Å². The SMILES string of the molecule is CC(C)Oc1ccc(CNC(=O)C2CCN(C(=O)N3CC(C)Oc4ccc(Cl)cc43)CC2)cc1. The van der Waals surface area contributed by atoms with Crippen molar-refractivity contribution in [2.45, 2.75) is 52.4 Å². The highest BCUT2D eigenvalue weighted by Gasteiger charge is 2.34. The first-order valence-corrected chi connectivity index (χ1v) is 12.2. The maximum Gasteiger partial charge on any atom is 0.324 e. The molecule has 1 N–H and O–H groups in total. The molecule has 2 heterocycles. The van der Waals surface area contributed by atoms with Crippen LogP contribution in [0.1, 0.15) is 39.2 Å². The van der Waals surface area contributed by atoms with Crippen LogP contribution in [0.2, 0.25) is 5.02 Å². The predicted octanol–water partition coefficient (Wildman–Crippen LogP) is 4.86. The first kappa shape index (κ1) is 24.2. The molecule has 0 bridgehead atoms. The second-order valence-corrected chi connectivity index (χ2v) is 9.66. The Morgan fingerprint density at radius 3 is 2.53 bits per heavy atom. The fraction of sp³-hybridized carbons (Fsp3) is 0.462. The smallest absolute Gasteiger partial charge is 0.324 e. The molecule has 1 atom stereocenters.